The Morgan fingerprint density at radius 1 is 1.19 bits per heavy atom. The van der Waals surface area contributed by atoms with E-state index in [1.165, 1.54) is 0 Å². The number of halogens is 1. The molecule has 0 spiro atoms. The predicted octanol–water partition coefficient (Wildman–Crippen LogP) is 4.45. The van der Waals surface area contributed by atoms with Crippen molar-refractivity contribution in [2.45, 2.75) is 57.7 Å². The van der Waals surface area contributed by atoms with Crippen molar-refractivity contribution < 1.29 is 13.6 Å². The zero-order valence-corrected chi connectivity index (χ0v) is 21.2. The molecule has 3 heterocycles. The maximum absolute atomic E-state index is 14.7. The summed E-state index contributed by atoms with van der Waals surface area (Å²) in [4.78, 5) is 21.8. The number of fused-ring (bicyclic) bond motifs is 1. The summed E-state index contributed by atoms with van der Waals surface area (Å²) in [6, 6.07) is 7.22. The zero-order valence-electron chi connectivity index (χ0n) is 21.2. The van der Waals surface area contributed by atoms with Gasteiger partial charge in [0.2, 0.25) is 11.8 Å². The molecule has 1 aliphatic carbocycles. The van der Waals surface area contributed by atoms with Gasteiger partial charge in [0.25, 0.3) is 0 Å². The highest BCUT2D eigenvalue weighted by atomic mass is 19.1. The number of nitrogens with one attached hydrogen (secondary N) is 2. The van der Waals surface area contributed by atoms with E-state index in [9.17, 15) is 9.18 Å². The van der Waals surface area contributed by atoms with Gasteiger partial charge in [-0.25, -0.2) is 14.4 Å². The van der Waals surface area contributed by atoms with Crippen molar-refractivity contribution in [1.82, 2.24) is 35.3 Å². The Balaban J connectivity index is 1.39. The number of amides is 1. The summed E-state index contributed by atoms with van der Waals surface area (Å²) < 4.78 is 22.0. The third-order valence-electron chi connectivity index (χ3n) is 6.21. The Morgan fingerprint density at radius 3 is 2.76 bits per heavy atom. The average Bonchev–Trinajstić information content (AvgIpc) is 3.48. The van der Waals surface area contributed by atoms with Crippen molar-refractivity contribution in [3.63, 3.8) is 0 Å². The minimum Gasteiger partial charge on any atom is -0.416 e. The lowest BCUT2D eigenvalue weighted by Gasteiger charge is -2.19. The van der Waals surface area contributed by atoms with E-state index in [4.69, 9.17) is 4.42 Å². The first kappa shape index (κ1) is 24.5. The van der Waals surface area contributed by atoms with Gasteiger partial charge in [-0.1, -0.05) is 32.9 Å². The standard InChI is InChI=1S/C26H29FN8O2/c1-26(2,3)24-34-33-23(37-24)22(36)31-21-8-6-17(27)12-16-11-15(5-7-19(16)21)20-9-10-28-25(32-20)30-18-13-29-35(4)14-18/h5,7,9-11,13-14,17,21H,6,8,12H2,1-4H3,(H,31,36)(H,28,30,32)/t17-,21-/m1/s1. The number of aryl methyl sites for hydroxylation is 1. The second-order valence-electron chi connectivity index (χ2n) is 10.3. The number of anilines is 2. The van der Waals surface area contributed by atoms with Crippen molar-refractivity contribution in [2.75, 3.05) is 5.32 Å². The fourth-order valence-corrected chi connectivity index (χ4v) is 4.31. The molecular formula is C26H29FN8O2. The summed E-state index contributed by atoms with van der Waals surface area (Å²) in [5.74, 6) is 0.249. The van der Waals surface area contributed by atoms with Crippen molar-refractivity contribution in [3.8, 4) is 11.3 Å². The first-order valence-corrected chi connectivity index (χ1v) is 12.2. The van der Waals surface area contributed by atoms with E-state index in [2.05, 4.69) is 35.9 Å². The highest BCUT2D eigenvalue weighted by Crippen LogP contribution is 2.33. The number of nitrogens with zero attached hydrogens (tertiary/aromatic N) is 6. The predicted molar refractivity (Wildman–Crippen MR) is 135 cm³/mol. The van der Waals surface area contributed by atoms with Crippen LogP contribution in [0, 0.1) is 0 Å². The Morgan fingerprint density at radius 2 is 2.03 bits per heavy atom. The molecule has 10 nitrogen and oxygen atoms in total. The van der Waals surface area contributed by atoms with Gasteiger partial charge in [-0.2, -0.15) is 5.10 Å². The molecule has 192 valence electrons. The fraction of sp³-hybridized carbons (Fsp3) is 0.385. The second kappa shape index (κ2) is 9.72. The van der Waals surface area contributed by atoms with Gasteiger partial charge in [-0.3, -0.25) is 9.48 Å². The van der Waals surface area contributed by atoms with Crippen molar-refractivity contribution in [2.24, 2.45) is 7.05 Å². The summed E-state index contributed by atoms with van der Waals surface area (Å²) >= 11 is 0. The van der Waals surface area contributed by atoms with Crippen molar-refractivity contribution in [3.05, 3.63) is 65.8 Å². The van der Waals surface area contributed by atoms with Crippen LogP contribution < -0.4 is 10.6 Å². The molecule has 2 atom stereocenters. The van der Waals surface area contributed by atoms with Crippen LogP contribution in [-0.4, -0.2) is 42.0 Å². The van der Waals surface area contributed by atoms with Gasteiger partial charge in [-0.15, -0.1) is 10.2 Å². The average molecular weight is 505 g/mol. The summed E-state index contributed by atoms with van der Waals surface area (Å²) in [5.41, 5.74) is 3.64. The van der Waals surface area contributed by atoms with E-state index in [-0.39, 0.29) is 23.8 Å². The van der Waals surface area contributed by atoms with Crippen LogP contribution in [-0.2, 0) is 18.9 Å². The number of benzene rings is 1. The molecular weight excluding hydrogens is 475 g/mol. The van der Waals surface area contributed by atoms with Crippen LogP contribution in [0.15, 0.2) is 47.3 Å². The molecule has 5 rings (SSSR count). The van der Waals surface area contributed by atoms with Gasteiger partial charge in [0, 0.05) is 36.8 Å². The Kier molecular flexibility index (Phi) is 6.45. The lowest BCUT2D eigenvalue weighted by Crippen LogP contribution is -2.29. The quantitative estimate of drug-likeness (QED) is 0.382. The molecule has 11 heteroatoms. The lowest BCUT2D eigenvalue weighted by molar-refractivity contribution is 0.0894. The van der Waals surface area contributed by atoms with Gasteiger partial charge < -0.3 is 15.1 Å². The van der Waals surface area contributed by atoms with Crippen LogP contribution in [0.4, 0.5) is 16.0 Å². The molecule has 0 fully saturated rings. The molecule has 1 aromatic carbocycles. The molecule has 1 aliphatic rings. The summed E-state index contributed by atoms with van der Waals surface area (Å²) in [6.45, 7) is 5.79. The van der Waals surface area contributed by atoms with Gasteiger partial charge in [0.05, 0.1) is 23.6 Å². The molecule has 0 saturated heterocycles. The van der Waals surface area contributed by atoms with E-state index in [1.54, 1.807) is 23.1 Å². The normalized spacial score (nSPS) is 17.6. The fourth-order valence-electron chi connectivity index (χ4n) is 4.31. The maximum atomic E-state index is 14.7. The molecule has 1 amide bonds. The van der Waals surface area contributed by atoms with Crippen LogP contribution in [0.25, 0.3) is 11.3 Å². The zero-order chi connectivity index (χ0) is 26.2. The Hall–Kier alpha value is -4.15. The van der Waals surface area contributed by atoms with Crippen LogP contribution in [0.2, 0.25) is 0 Å². The van der Waals surface area contributed by atoms with Gasteiger partial charge in [0.1, 0.15) is 6.17 Å². The summed E-state index contributed by atoms with van der Waals surface area (Å²) in [5, 5.41) is 18.1. The van der Waals surface area contributed by atoms with Gasteiger partial charge >= 0.3 is 11.8 Å². The van der Waals surface area contributed by atoms with Crippen LogP contribution in [0.1, 0.15) is 67.4 Å². The summed E-state index contributed by atoms with van der Waals surface area (Å²) in [7, 11) is 1.83. The molecule has 0 radical (unpaired) electrons. The number of alkyl halides is 1. The van der Waals surface area contributed by atoms with Crippen molar-refractivity contribution >= 4 is 17.5 Å². The highest BCUT2D eigenvalue weighted by Gasteiger charge is 2.29. The number of carbonyl (C=O) groups is 1. The second-order valence-corrected chi connectivity index (χ2v) is 10.3. The van der Waals surface area contributed by atoms with Crippen molar-refractivity contribution in [1.29, 1.82) is 0 Å². The first-order chi connectivity index (χ1) is 17.7. The van der Waals surface area contributed by atoms with E-state index in [0.717, 1.165) is 22.4 Å². The number of aromatic nitrogens is 6. The monoisotopic (exact) mass is 504 g/mol. The maximum Gasteiger partial charge on any atom is 0.309 e. The van der Waals surface area contributed by atoms with Gasteiger partial charge in [-0.05, 0) is 36.1 Å². The first-order valence-electron chi connectivity index (χ1n) is 12.2. The molecule has 0 aliphatic heterocycles. The topological polar surface area (TPSA) is 124 Å². The third kappa shape index (κ3) is 5.50. The molecule has 0 saturated carbocycles. The van der Waals surface area contributed by atoms with Crippen LogP contribution >= 0.6 is 0 Å². The molecule has 37 heavy (non-hydrogen) atoms. The third-order valence-corrected chi connectivity index (χ3v) is 6.21. The van der Waals surface area contributed by atoms with Crippen LogP contribution in [0.3, 0.4) is 0 Å². The molecule has 2 N–H and O–H groups in total. The number of carbonyl (C=O) groups excluding carboxylic acids is 1. The SMILES string of the molecule is Cn1cc(Nc2nccc(-c3ccc4c(c3)C[C@H](F)CC[C@H]4NC(=O)c3nnc(C(C)(C)C)o3)n2)cn1. The molecule has 0 bridgehead atoms. The Bertz CT molecular complexity index is 1420. The minimum absolute atomic E-state index is 0.0984. The number of hydrogen-bond acceptors (Lipinski definition) is 8. The smallest absolute Gasteiger partial charge is 0.309 e. The summed E-state index contributed by atoms with van der Waals surface area (Å²) in [6.07, 6.45) is 5.23. The molecule has 0 unspecified atom stereocenters. The lowest BCUT2D eigenvalue weighted by atomic mass is 9.95. The Labute approximate surface area is 213 Å². The highest BCUT2D eigenvalue weighted by molar-refractivity contribution is 5.89. The van der Waals surface area contributed by atoms with E-state index >= 15 is 0 Å². The van der Waals surface area contributed by atoms with E-state index < -0.39 is 12.1 Å². The van der Waals surface area contributed by atoms with E-state index in [1.807, 2.05) is 52.2 Å². The van der Waals surface area contributed by atoms with E-state index in [0.29, 0.717) is 30.4 Å². The minimum atomic E-state index is -1.01. The molecule has 4 aromatic rings. The number of hydrogen-bond donors (Lipinski definition) is 2. The molecule has 3 aromatic heterocycles. The largest absolute Gasteiger partial charge is 0.416 e. The van der Waals surface area contributed by atoms with Gasteiger partial charge in [0.15, 0.2) is 0 Å². The number of rotatable bonds is 5. The van der Waals surface area contributed by atoms with Crippen LogP contribution in [0.5, 0.6) is 0 Å².